The first-order valence-electron chi connectivity index (χ1n) is 7.92. The number of aryl methyl sites for hydroxylation is 2. The Kier molecular flexibility index (Phi) is 4.05. The molecule has 3 rings (SSSR count). The summed E-state index contributed by atoms with van der Waals surface area (Å²) in [5, 5.41) is 10.0. The summed E-state index contributed by atoms with van der Waals surface area (Å²) in [6.45, 7) is 4.65. The van der Waals surface area contributed by atoms with Gasteiger partial charge in [-0.25, -0.2) is 4.98 Å². The molecule has 0 aliphatic heterocycles. The third-order valence-corrected chi connectivity index (χ3v) is 4.62. The van der Waals surface area contributed by atoms with Crippen molar-refractivity contribution in [3.05, 3.63) is 46.4 Å². The van der Waals surface area contributed by atoms with Crippen LogP contribution in [0.4, 0.5) is 18.9 Å². The van der Waals surface area contributed by atoms with Crippen LogP contribution in [0.1, 0.15) is 32.9 Å². The fourth-order valence-electron chi connectivity index (χ4n) is 3.26. The highest BCUT2D eigenvalue weighted by Crippen LogP contribution is 2.40. The zero-order valence-corrected chi connectivity index (χ0v) is 14.8. The standard InChI is InChI=1S/C18H17F3N4O2/c1-7-4-5-11(26)8(2)12(7)10-6-25-9(3)15(18(19,20)21)24-17(25)13(14(10)22)16(23)27/h4-6,26H,22H2,1-3H3,(H2,23,27). The Morgan fingerprint density at radius 1 is 1.22 bits per heavy atom. The molecule has 0 aliphatic carbocycles. The van der Waals surface area contributed by atoms with Crippen molar-refractivity contribution in [3.63, 3.8) is 0 Å². The summed E-state index contributed by atoms with van der Waals surface area (Å²) in [5.41, 5.74) is 11.6. The fraction of sp³-hybridized carbons (Fsp3) is 0.222. The lowest BCUT2D eigenvalue weighted by atomic mass is 9.93. The van der Waals surface area contributed by atoms with E-state index in [2.05, 4.69) is 4.98 Å². The number of benzene rings is 1. The van der Waals surface area contributed by atoms with Crippen molar-refractivity contribution in [2.75, 3.05) is 5.73 Å². The zero-order chi connectivity index (χ0) is 20.3. The Bertz CT molecular complexity index is 1100. The van der Waals surface area contributed by atoms with Crippen LogP contribution in [0, 0.1) is 20.8 Å². The van der Waals surface area contributed by atoms with Crippen LogP contribution in [0.3, 0.4) is 0 Å². The Balaban J connectivity index is 2.51. The van der Waals surface area contributed by atoms with E-state index in [1.807, 2.05) is 0 Å². The number of nitrogens with two attached hydrogens (primary N) is 2. The first-order chi connectivity index (χ1) is 12.4. The van der Waals surface area contributed by atoms with Crippen molar-refractivity contribution >= 4 is 17.2 Å². The van der Waals surface area contributed by atoms with Crippen LogP contribution >= 0.6 is 0 Å². The molecule has 142 valence electrons. The number of anilines is 1. The van der Waals surface area contributed by atoms with E-state index in [0.29, 0.717) is 11.1 Å². The fourth-order valence-corrected chi connectivity index (χ4v) is 3.26. The van der Waals surface area contributed by atoms with E-state index in [-0.39, 0.29) is 33.9 Å². The first kappa shape index (κ1) is 18.6. The first-order valence-corrected chi connectivity index (χ1v) is 7.92. The number of hydrogen-bond donors (Lipinski definition) is 3. The van der Waals surface area contributed by atoms with Gasteiger partial charge in [-0.05, 0) is 43.5 Å². The molecule has 1 aromatic carbocycles. The Labute approximate surface area is 152 Å². The number of nitrogen functional groups attached to an aromatic ring is 1. The predicted molar refractivity (Wildman–Crippen MR) is 94.4 cm³/mol. The maximum atomic E-state index is 13.3. The highest BCUT2D eigenvalue weighted by atomic mass is 19.4. The lowest BCUT2D eigenvalue weighted by Gasteiger charge is -2.16. The summed E-state index contributed by atoms with van der Waals surface area (Å²) in [5.74, 6) is -0.998. The number of aromatic hydroxyl groups is 1. The molecule has 0 atom stereocenters. The van der Waals surface area contributed by atoms with Gasteiger partial charge in [0.1, 0.15) is 11.3 Å². The number of amides is 1. The number of imidazole rings is 1. The molecule has 0 bridgehead atoms. The number of halogens is 3. The molecule has 9 heteroatoms. The van der Waals surface area contributed by atoms with Gasteiger partial charge < -0.3 is 21.0 Å². The number of nitrogens with zero attached hydrogens (tertiary/aromatic N) is 2. The average Bonchev–Trinajstić information content (AvgIpc) is 2.88. The third-order valence-electron chi connectivity index (χ3n) is 4.62. The van der Waals surface area contributed by atoms with Gasteiger partial charge in [0.25, 0.3) is 5.91 Å². The SMILES string of the molecule is Cc1ccc(O)c(C)c1-c1cn2c(C)c(C(F)(F)F)nc2c(C(N)=O)c1N. The maximum Gasteiger partial charge on any atom is 0.435 e. The minimum Gasteiger partial charge on any atom is -0.508 e. The molecule has 2 heterocycles. The molecule has 1 amide bonds. The van der Waals surface area contributed by atoms with Crippen molar-refractivity contribution < 1.29 is 23.1 Å². The Hall–Kier alpha value is -3.23. The number of pyridine rings is 1. The van der Waals surface area contributed by atoms with Crippen LogP contribution in [0.25, 0.3) is 16.8 Å². The number of rotatable bonds is 2. The summed E-state index contributed by atoms with van der Waals surface area (Å²) < 4.78 is 41.0. The number of phenolic OH excluding ortho intramolecular Hbond substituents is 1. The van der Waals surface area contributed by atoms with Gasteiger partial charge in [0, 0.05) is 11.8 Å². The molecular weight excluding hydrogens is 361 g/mol. The maximum absolute atomic E-state index is 13.3. The van der Waals surface area contributed by atoms with E-state index >= 15 is 0 Å². The lowest BCUT2D eigenvalue weighted by molar-refractivity contribution is -0.141. The second kappa shape index (κ2) is 5.90. The number of aromatic nitrogens is 2. The van der Waals surface area contributed by atoms with E-state index in [4.69, 9.17) is 11.5 Å². The van der Waals surface area contributed by atoms with Crippen molar-refractivity contribution in [1.82, 2.24) is 9.38 Å². The molecule has 0 fully saturated rings. The normalized spacial score (nSPS) is 11.9. The minimum absolute atomic E-state index is 0.00550. The lowest BCUT2D eigenvalue weighted by Crippen LogP contribution is -2.16. The molecule has 3 aromatic rings. The van der Waals surface area contributed by atoms with Gasteiger partial charge in [-0.15, -0.1) is 0 Å². The zero-order valence-electron chi connectivity index (χ0n) is 14.8. The van der Waals surface area contributed by atoms with Crippen molar-refractivity contribution in [2.24, 2.45) is 5.73 Å². The van der Waals surface area contributed by atoms with Gasteiger partial charge in [0.15, 0.2) is 11.3 Å². The van der Waals surface area contributed by atoms with Gasteiger partial charge in [-0.2, -0.15) is 13.2 Å². The van der Waals surface area contributed by atoms with Crippen LogP contribution < -0.4 is 11.5 Å². The molecule has 0 saturated heterocycles. The van der Waals surface area contributed by atoms with Crippen LogP contribution in [-0.4, -0.2) is 20.4 Å². The number of primary amides is 1. The monoisotopic (exact) mass is 378 g/mol. The highest BCUT2D eigenvalue weighted by molar-refractivity contribution is 6.07. The van der Waals surface area contributed by atoms with E-state index in [1.54, 1.807) is 19.9 Å². The number of phenols is 1. The summed E-state index contributed by atoms with van der Waals surface area (Å²) in [4.78, 5) is 15.6. The summed E-state index contributed by atoms with van der Waals surface area (Å²) in [6.07, 6.45) is -3.32. The minimum atomic E-state index is -4.70. The number of alkyl halides is 3. The van der Waals surface area contributed by atoms with E-state index in [0.717, 1.165) is 9.96 Å². The third kappa shape index (κ3) is 2.75. The highest BCUT2D eigenvalue weighted by Gasteiger charge is 2.37. The molecule has 6 nitrogen and oxygen atoms in total. The van der Waals surface area contributed by atoms with E-state index < -0.39 is 17.8 Å². The predicted octanol–water partition coefficient (Wildman–Crippen LogP) is 3.33. The van der Waals surface area contributed by atoms with Crippen LogP contribution in [-0.2, 0) is 6.18 Å². The smallest absolute Gasteiger partial charge is 0.435 e. The van der Waals surface area contributed by atoms with Crippen molar-refractivity contribution in [3.8, 4) is 16.9 Å². The largest absolute Gasteiger partial charge is 0.508 e. The Morgan fingerprint density at radius 3 is 2.41 bits per heavy atom. The molecule has 2 aromatic heterocycles. The van der Waals surface area contributed by atoms with Crippen LogP contribution in [0.15, 0.2) is 18.3 Å². The molecule has 0 saturated carbocycles. The number of carbonyl (C=O) groups is 1. The van der Waals surface area contributed by atoms with E-state index in [1.165, 1.54) is 19.2 Å². The number of fused-ring (bicyclic) bond motifs is 1. The van der Waals surface area contributed by atoms with Gasteiger partial charge >= 0.3 is 6.18 Å². The van der Waals surface area contributed by atoms with E-state index in [9.17, 15) is 23.1 Å². The van der Waals surface area contributed by atoms with Gasteiger partial charge in [-0.1, -0.05) is 6.07 Å². The van der Waals surface area contributed by atoms with Crippen LogP contribution in [0.2, 0.25) is 0 Å². The molecule has 5 N–H and O–H groups in total. The quantitative estimate of drug-likeness (QED) is 0.636. The number of carbonyl (C=O) groups excluding carboxylic acids is 1. The summed E-state index contributed by atoms with van der Waals surface area (Å²) >= 11 is 0. The molecule has 0 radical (unpaired) electrons. The molecule has 0 spiro atoms. The van der Waals surface area contributed by atoms with Crippen molar-refractivity contribution in [1.29, 1.82) is 0 Å². The topological polar surface area (TPSA) is 107 Å². The van der Waals surface area contributed by atoms with Gasteiger partial charge in [0.05, 0.1) is 11.4 Å². The second-order valence-corrected chi connectivity index (χ2v) is 6.33. The Morgan fingerprint density at radius 2 is 1.85 bits per heavy atom. The second-order valence-electron chi connectivity index (χ2n) is 6.33. The molecule has 27 heavy (non-hydrogen) atoms. The molecule has 0 aliphatic rings. The summed E-state index contributed by atoms with van der Waals surface area (Å²) in [7, 11) is 0. The van der Waals surface area contributed by atoms with Gasteiger partial charge in [0.2, 0.25) is 0 Å². The summed E-state index contributed by atoms with van der Waals surface area (Å²) in [6, 6.07) is 3.15. The van der Waals surface area contributed by atoms with Crippen LogP contribution in [0.5, 0.6) is 5.75 Å². The molecular formula is C18H17F3N4O2. The number of hydrogen-bond acceptors (Lipinski definition) is 4. The average molecular weight is 378 g/mol. The van der Waals surface area contributed by atoms with Gasteiger partial charge in [-0.3, -0.25) is 4.79 Å². The molecule has 0 unspecified atom stereocenters. The van der Waals surface area contributed by atoms with Crippen molar-refractivity contribution in [2.45, 2.75) is 26.9 Å².